The van der Waals surface area contributed by atoms with Gasteiger partial charge in [-0.15, -0.1) is 0 Å². The SMILES string of the molecule is CCC12CC(C3CCC4OC4(CC)C3)CCC1O2.CCC1=CCCC(C2CCC=C(CC)C2)C1. The fraction of sp³-hybridized carbons (Fsp3) is 0.875. The standard InChI is InChI=1S/C16H26O2.C16H26/c1-3-15-9-11(5-7-13(15)17-15)12-6-8-14-16(4-2,10-12)18-14;1-3-13-7-5-9-15(11-13)16-10-6-8-14(4-2)12-16/h11-14H,3-10H2,1-2H3;7-8,15-16H,3-6,9-12H2,1-2H3. The molecular formula is C32H52O2. The molecule has 0 bridgehead atoms. The van der Waals surface area contributed by atoms with Gasteiger partial charge in [0, 0.05) is 0 Å². The molecular weight excluding hydrogens is 416 g/mol. The maximum Gasteiger partial charge on any atom is 0.0948 e. The van der Waals surface area contributed by atoms with E-state index in [1.54, 1.807) is 11.1 Å². The van der Waals surface area contributed by atoms with Gasteiger partial charge >= 0.3 is 0 Å². The molecule has 2 heterocycles. The van der Waals surface area contributed by atoms with Crippen LogP contribution < -0.4 is 0 Å². The largest absolute Gasteiger partial charge is 0.366 e. The van der Waals surface area contributed by atoms with E-state index in [9.17, 15) is 0 Å². The molecule has 8 unspecified atom stereocenters. The molecule has 2 aliphatic heterocycles. The Hall–Kier alpha value is -0.600. The highest BCUT2D eigenvalue weighted by Crippen LogP contribution is 2.59. The molecule has 0 aromatic carbocycles. The fourth-order valence-electron chi connectivity index (χ4n) is 8.47. The first-order valence-corrected chi connectivity index (χ1v) is 15.3. The molecule has 192 valence electrons. The van der Waals surface area contributed by atoms with E-state index in [-0.39, 0.29) is 0 Å². The lowest BCUT2D eigenvalue weighted by molar-refractivity contribution is 0.149. The number of hydrogen-bond acceptors (Lipinski definition) is 2. The summed E-state index contributed by atoms with van der Waals surface area (Å²) in [5, 5.41) is 0. The maximum absolute atomic E-state index is 5.99. The Bertz CT molecular complexity index is 703. The quantitative estimate of drug-likeness (QED) is 0.287. The first-order chi connectivity index (χ1) is 16.5. The predicted molar refractivity (Wildman–Crippen MR) is 142 cm³/mol. The minimum atomic E-state index is 0.309. The Kier molecular flexibility index (Phi) is 7.67. The van der Waals surface area contributed by atoms with Gasteiger partial charge in [-0.05, 0) is 126 Å². The number of ether oxygens (including phenoxy) is 2. The van der Waals surface area contributed by atoms with Gasteiger partial charge in [0.05, 0.1) is 23.4 Å². The van der Waals surface area contributed by atoms with Gasteiger partial charge in [0.2, 0.25) is 0 Å². The van der Waals surface area contributed by atoms with Crippen LogP contribution in [-0.2, 0) is 9.47 Å². The lowest BCUT2D eigenvalue weighted by atomic mass is 9.67. The highest BCUT2D eigenvalue weighted by atomic mass is 16.6. The molecule has 0 aromatic heterocycles. The molecule has 0 spiro atoms. The van der Waals surface area contributed by atoms with E-state index in [1.807, 2.05) is 0 Å². The van der Waals surface area contributed by atoms with Crippen LogP contribution in [0.3, 0.4) is 0 Å². The van der Waals surface area contributed by atoms with Gasteiger partial charge in [-0.2, -0.15) is 0 Å². The number of epoxide rings is 2. The highest BCUT2D eigenvalue weighted by molar-refractivity contribution is 5.12. The Morgan fingerprint density at radius 3 is 1.44 bits per heavy atom. The van der Waals surface area contributed by atoms with Crippen LogP contribution in [0.2, 0.25) is 0 Å². The van der Waals surface area contributed by atoms with Crippen molar-refractivity contribution in [2.75, 3.05) is 0 Å². The van der Waals surface area contributed by atoms with Crippen LogP contribution in [-0.4, -0.2) is 23.4 Å². The van der Waals surface area contributed by atoms with Gasteiger partial charge in [0.15, 0.2) is 0 Å². The summed E-state index contributed by atoms with van der Waals surface area (Å²) in [4.78, 5) is 0. The lowest BCUT2D eigenvalue weighted by Gasteiger charge is -2.35. The van der Waals surface area contributed by atoms with E-state index in [0.717, 1.165) is 23.7 Å². The summed E-state index contributed by atoms with van der Waals surface area (Å²) < 4.78 is 12.0. The second kappa shape index (κ2) is 10.4. The van der Waals surface area contributed by atoms with Crippen molar-refractivity contribution in [1.29, 1.82) is 0 Å². The third-order valence-corrected chi connectivity index (χ3v) is 11.1. The zero-order valence-electron chi connectivity index (χ0n) is 22.7. The molecule has 0 aromatic rings. The molecule has 2 heteroatoms. The van der Waals surface area contributed by atoms with E-state index in [2.05, 4.69) is 39.8 Å². The minimum absolute atomic E-state index is 0.309. The molecule has 2 nitrogen and oxygen atoms in total. The number of hydrogen-bond donors (Lipinski definition) is 0. The molecule has 6 rings (SSSR count). The van der Waals surface area contributed by atoms with Crippen LogP contribution >= 0.6 is 0 Å². The first kappa shape index (κ1) is 25.1. The summed E-state index contributed by atoms with van der Waals surface area (Å²) in [5.41, 5.74) is 4.07. The van der Waals surface area contributed by atoms with Crippen molar-refractivity contribution >= 4 is 0 Å². The van der Waals surface area contributed by atoms with E-state index in [4.69, 9.17) is 9.47 Å². The third-order valence-electron chi connectivity index (χ3n) is 11.1. The minimum Gasteiger partial charge on any atom is -0.366 e. The second-order valence-electron chi connectivity index (χ2n) is 12.6. The average molecular weight is 469 g/mol. The zero-order chi connectivity index (χ0) is 23.8. The van der Waals surface area contributed by atoms with Crippen molar-refractivity contribution in [3.05, 3.63) is 23.3 Å². The lowest BCUT2D eigenvalue weighted by Crippen LogP contribution is -2.34. The summed E-state index contributed by atoms with van der Waals surface area (Å²) >= 11 is 0. The first-order valence-electron chi connectivity index (χ1n) is 15.3. The zero-order valence-corrected chi connectivity index (χ0v) is 22.7. The van der Waals surface area contributed by atoms with Crippen molar-refractivity contribution < 1.29 is 9.47 Å². The summed E-state index contributed by atoms with van der Waals surface area (Å²) in [5.74, 6) is 3.82. The van der Waals surface area contributed by atoms with E-state index in [0.29, 0.717) is 23.4 Å². The second-order valence-corrected chi connectivity index (χ2v) is 12.6. The Morgan fingerprint density at radius 1 is 0.618 bits per heavy atom. The summed E-state index contributed by atoms with van der Waals surface area (Å²) in [6, 6.07) is 0. The monoisotopic (exact) mass is 468 g/mol. The highest BCUT2D eigenvalue weighted by Gasteiger charge is 2.62. The Balaban J connectivity index is 0.000000143. The van der Waals surface area contributed by atoms with Crippen molar-refractivity contribution in [1.82, 2.24) is 0 Å². The predicted octanol–water partition coefficient (Wildman–Crippen LogP) is 8.94. The fourth-order valence-corrected chi connectivity index (χ4v) is 8.47. The van der Waals surface area contributed by atoms with Crippen LogP contribution in [0.15, 0.2) is 23.3 Å². The van der Waals surface area contributed by atoms with Crippen LogP contribution in [0.5, 0.6) is 0 Å². The summed E-state index contributed by atoms with van der Waals surface area (Å²) in [7, 11) is 0. The van der Waals surface area contributed by atoms with E-state index < -0.39 is 0 Å². The van der Waals surface area contributed by atoms with E-state index >= 15 is 0 Å². The van der Waals surface area contributed by atoms with Crippen molar-refractivity contribution in [3.63, 3.8) is 0 Å². The maximum atomic E-state index is 5.99. The molecule has 4 aliphatic carbocycles. The van der Waals surface area contributed by atoms with Gasteiger partial charge in [0.25, 0.3) is 0 Å². The number of fused-ring (bicyclic) bond motifs is 2. The Morgan fingerprint density at radius 2 is 1.06 bits per heavy atom. The van der Waals surface area contributed by atoms with E-state index in [1.165, 1.54) is 103 Å². The molecule has 8 atom stereocenters. The van der Waals surface area contributed by atoms with Gasteiger partial charge < -0.3 is 9.47 Å². The van der Waals surface area contributed by atoms with Gasteiger partial charge in [0.1, 0.15) is 0 Å². The molecule has 2 saturated heterocycles. The van der Waals surface area contributed by atoms with Crippen molar-refractivity contribution in [2.45, 2.75) is 154 Å². The topological polar surface area (TPSA) is 25.1 Å². The molecule has 34 heavy (non-hydrogen) atoms. The smallest absolute Gasteiger partial charge is 0.0948 e. The Labute approximate surface area is 210 Å². The molecule has 0 N–H and O–H groups in total. The molecule has 6 aliphatic rings. The van der Waals surface area contributed by atoms with Crippen LogP contribution in [0.25, 0.3) is 0 Å². The number of rotatable bonds is 6. The molecule has 0 radical (unpaired) electrons. The third kappa shape index (κ3) is 5.10. The van der Waals surface area contributed by atoms with Gasteiger partial charge in [-0.25, -0.2) is 0 Å². The average Bonchev–Trinajstić information content (AvgIpc) is 3.81. The van der Waals surface area contributed by atoms with Gasteiger partial charge in [-0.1, -0.05) is 51.0 Å². The summed E-state index contributed by atoms with van der Waals surface area (Å²) in [6.45, 7) is 9.23. The number of allylic oxidation sites excluding steroid dienone is 4. The van der Waals surface area contributed by atoms with Gasteiger partial charge in [-0.3, -0.25) is 0 Å². The molecule has 0 amide bonds. The van der Waals surface area contributed by atoms with Crippen LogP contribution in [0.4, 0.5) is 0 Å². The normalized spacial score (nSPS) is 45.1. The molecule has 4 fully saturated rings. The van der Waals surface area contributed by atoms with Crippen LogP contribution in [0, 0.1) is 23.7 Å². The van der Waals surface area contributed by atoms with Crippen molar-refractivity contribution in [2.24, 2.45) is 23.7 Å². The van der Waals surface area contributed by atoms with Crippen LogP contribution in [0.1, 0.15) is 130 Å². The summed E-state index contributed by atoms with van der Waals surface area (Å²) in [6.07, 6.45) is 27.7. The molecule has 2 saturated carbocycles. The van der Waals surface area contributed by atoms with Crippen molar-refractivity contribution in [3.8, 4) is 0 Å².